The van der Waals surface area contributed by atoms with E-state index in [0.29, 0.717) is 18.5 Å². The van der Waals surface area contributed by atoms with Crippen LogP contribution in [0.15, 0.2) is 23.4 Å². The number of carbonyl (C=O) groups excluding carboxylic acids is 1. The molecule has 104 valence electrons. The Labute approximate surface area is 115 Å². The molecular weight excluding hydrogens is 273 g/mol. The highest BCUT2D eigenvalue weighted by atomic mass is 35.5. The van der Waals surface area contributed by atoms with E-state index in [0.717, 1.165) is 6.07 Å². The SMILES string of the molecule is CCCC(C(=O)Nc1ccc(F)c(Cl)c1)C(N)=NO. The summed E-state index contributed by atoms with van der Waals surface area (Å²) in [5.41, 5.74) is 5.82. The predicted molar refractivity (Wildman–Crippen MR) is 71.8 cm³/mol. The van der Waals surface area contributed by atoms with Gasteiger partial charge in [0, 0.05) is 5.69 Å². The summed E-state index contributed by atoms with van der Waals surface area (Å²) < 4.78 is 13.0. The smallest absolute Gasteiger partial charge is 0.235 e. The topological polar surface area (TPSA) is 87.7 Å². The van der Waals surface area contributed by atoms with Gasteiger partial charge in [-0.2, -0.15) is 0 Å². The molecule has 1 unspecified atom stereocenters. The Bertz CT molecular complexity index is 494. The van der Waals surface area contributed by atoms with Gasteiger partial charge in [-0.25, -0.2) is 4.39 Å². The maximum Gasteiger partial charge on any atom is 0.235 e. The van der Waals surface area contributed by atoms with Gasteiger partial charge in [0.25, 0.3) is 0 Å². The summed E-state index contributed by atoms with van der Waals surface area (Å²) in [6, 6.07) is 3.83. The van der Waals surface area contributed by atoms with E-state index >= 15 is 0 Å². The number of nitrogens with zero attached hydrogens (tertiary/aromatic N) is 1. The first-order valence-electron chi connectivity index (χ1n) is 5.73. The van der Waals surface area contributed by atoms with Crippen molar-refractivity contribution >= 4 is 29.0 Å². The molecule has 0 aliphatic carbocycles. The molecule has 0 saturated heterocycles. The maximum atomic E-state index is 13.0. The van der Waals surface area contributed by atoms with Crippen molar-refractivity contribution in [2.75, 3.05) is 5.32 Å². The molecule has 5 nitrogen and oxygen atoms in total. The number of hydrogen-bond donors (Lipinski definition) is 3. The molecule has 0 aliphatic rings. The van der Waals surface area contributed by atoms with Crippen LogP contribution in [-0.4, -0.2) is 17.0 Å². The first-order chi connectivity index (χ1) is 8.99. The van der Waals surface area contributed by atoms with E-state index in [2.05, 4.69) is 10.5 Å². The molecule has 0 aliphatic heterocycles. The molecule has 19 heavy (non-hydrogen) atoms. The molecule has 4 N–H and O–H groups in total. The summed E-state index contributed by atoms with van der Waals surface area (Å²) in [6.45, 7) is 1.87. The van der Waals surface area contributed by atoms with Crippen LogP contribution in [-0.2, 0) is 4.79 Å². The second kappa shape index (κ2) is 6.94. The number of carbonyl (C=O) groups is 1. The standard InChI is InChI=1S/C12H15ClFN3O2/c1-2-3-8(11(15)17-19)12(18)16-7-4-5-10(14)9(13)6-7/h4-6,8,19H,2-3H2,1H3,(H2,15,17)(H,16,18). The number of halogens is 2. The van der Waals surface area contributed by atoms with E-state index in [4.69, 9.17) is 22.5 Å². The number of nitrogens with one attached hydrogen (secondary N) is 1. The van der Waals surface area contributed by atoms with Gasteiger partial charge in [-0.05, 0) is 24.6 Å². The van der Waals surface area contributed by atoms with Crippen LogP contribution in [0.3, 0.4) is 0 Å². The fourth-order valence-electron chi connectivity index (χ4n) is 1.57. The summed E-state index contributed by atoms with van der Waals surface area (Å²) in [7, 11) is 0. The van der Waals surface area contributed by atoms with Crippen molar-refractivity contribution in [1.82, 2.24) is 0 Å². The van der Waals surface area contributed by atoms with E-state index in [9.17, 15) is 9.18 Å². The second-order valence-corrected chi connectivity index (χ2v) is 4.39. The second-order valence-electron chi connectivity index (χ2n) is 3.98. The van der Waals surface area contributed by atoms with E-state index in [1.54, 1.807) is 0 Å². The zero-order valence-corrected chi connectivity index (χ0v) is 11.1. The van der Waals surface area contributed by atoms with Gasteiger partial charge < -0.3 is 16.3 Å². The molecule has 0 heterocycles. The van der Waals surface area contributed by atoms with Gasteiger partial charge in [-0.1, -0.05) is 30.1 Å². The number of oxime groups is 1. The van der Waals surface area contributed by atoms with Crippen LogP contribution in [0.1, 0.15) is 19.8 Å². The normalized spacial score (nSPS) is 13.1. The Morgan fingerprint density at radius 3 is 2.84 bits per heavy atom. The van der Waals surface area contributed by atoms with Gasteiger partial charge in [0.15, 0.2) is 5.84 Å². The molecule has 1 amide bonds. The van der Waals surface area contributed by atoms with Crippen LogP contribution in [0.4, 0.5) is 10.1 Å². The zero-order valence-electron chi connectivity index (χ0n) is 10.4. The summed E-state index contributed by atoms with van der Waals surface area (Å²) in [5, 5.41) is 13.9. The number of anilines is 1. The van der Waals surface area contributed by atoms with Gasteiger partial charge >= 0.3 is 0 Å². The maximum absolute atomic E-state index is 13.0. The molecule has 1 rings (SSSR count). The van der Waals surface area contributed by atoms with Crippen molar-refractivity contribution < 1.29 is 14.4 Å². The highest BCUT2D eigenvalue weighted by molar-refractivity contribution is 6.31. The number of amides is 1. The van der Waals surface area contributed by atoms with Crippen molar-refractivity contribution in [3.05, 3.63) is 29.0 Å². The number of benzene rings is 1. The third-order valence-electron chi connectivity index (χ3n) is 2.55. The lowest BCUT2D eigenvalue weighted by atomic mass is 10.0. The third kappa shape index (κ3) is 4.10. The molecule has 1 atom stereocenters. The van der Waals surface area contributed by atoms with Crippen LogP contribution in [0, 0.1) is 11.7 Å². The summed E-state index contributed by atoms with van der Waals surface area (Å²) in [5.74, 6) is -1.90. The van der Waals surface area contributed by atoms with Gasteiger partial charge in [0.2, 0.25) is 5.91 Å². The number of hydrogen-bond acceptors (Lipinski definition) is 3. The highest BCUT2D eigenvalue weighted by Crippen LogP contribution is 2.20. The highest BCUT2D eigenvalue weighted by Gasteiger charge is 2.22. The first kappa shape index (κ1) is 15.2. The van der Waals surface area contributed by atoms with Crippen molar-refractivity contribution in [2.45, 2.75) is 19.8 Å². The number of amidine groups is 1. The number of rotatable bonds is 5. The zero-order chi connectivity index (χ0) is 14.4. The van der Waals surface area contributed by atoms with E-state index in [-0.39, 0.29) is 10.9 Å². The van der Waals surface area contributed by atoms with E-state index < -0.39 is 17.6 Å². The Balaban J connectivity index is 2.84. The molecular formula is C12H15ClFN3O2. The summed E-state index contributed by atoms with van der Waals surface area (Å²) in [4.78, 5) is 12.0. The average molecular weight is 288 g/mol. The molecule has 1 aromatic rings. The molecule has 0 fully saturated rings. The Morgan fingerprint density at radius 2 is 2.32 bits per heavy atom. The minimum Gasteiger partial charge on any atom is -0.409 e. The lowest BCUT2D eigenvalue weighted by Crippen LogP contribution is -2.34. The quantitative estimate of drug-likeness (QED) is 0.337. The van der Waals surface area contributed by atoms with Gasteiger partial charge in [0.05, 0.1) is 10.9 Å². The van der Waals surface area contributed by atoms with E-state index in [1.807, 2.05) is 6.92 Å². The Morgan fingerprint density at radius 1 is 1.63 bits per heavy atom. The van der Waals surface area contributed by atoms with Gasteiger partial charge in [-0.15, -0.1) is 0 Å². The van der Waals surface area contributed by atoms with Gasteiger partial charge in [0.1, 0.15) is 5.82 Å². The number of nitrogens with two attached hydrogens (primary N) is 1. The van der Waals surface area contributed by atoms with Crippen LogP contribution in [0.5, 0.6) is 0 Å². The molecule has 1 aromatic carbocycles. The Hall–Kier alpha value is -1.82. The van der Waals surface area contributed by atoms with Crippen molar-refractivity contribution in [2.24, 2.45) is 16.8 Å². The molecule has 7 heteroatoms. The van der Waals surface area contributed by atoms with Crippen LogP contribution >= 0.6 is 11.6 Å². The van der Waals surface area contributed by atoms with E-state index in [1.165, 1.54) is 12.1 Å². The minimum atomic E-state index is -0.737. The molecule has 0 spiro atoms. The molecule has 0 saturated carbocycles. The lowest BCUT2D eigenvalue weighted by molar-refractivity contribution is -0.118. The van der Waals surface area contributed by atoms with Gasteiger partial charge in [-0.3, -0.25) is 4.79 Å². The van der Waals surface area contributed by atoms with Crippen LogP contribution in [0.25, 0.3) is 0 Å². The first-order valence-corrected chi connectivity index (χ1v) is 6.10. The fourth-order valence-corrected chi connectivity index (χ4v) is 1.76. The largest absolute Gasteiger partial charge is 0.409 e. The third-order valence-corrected chi connectivity index (χ3v) is 2.84. The monoisotopic (exact) mass is 287 g/mol. The lowest BCUT2D eigenvalue weighted by Gasteiger charge is -2.14. The average Bonchev–Trinajstić information content (AvgIpc) is 2.39. The Kier molecular flexibility index (Phi) is 5.57. The van der Waals surface area contributed by atoms with Crippen molar-refractivity contribution in [3.8, 4) is 0 Å². The fraction of sp³-hybridized carbons (Fsp3) is 0.333. The summed E-state index contributed by atoms with van der Waals surface area (Å²) in [6.07, 6.45) is 1.13. The van der Waals surface area contributed by atoms with Crippen LogP contribution in [0.2, 0.25) is 5.02 Å². The predicted octanol–water partition coefficient (Wildman–Crippen LogP) is 2.58. The van der Waals surface area contributed by atoms with Crippen molar-refractivity contribution in [1.29, 1.82) is 0 Å². The minimum absolute atomic E-state index is 0.0892. The molecule has 0 bridgehead atoms. The molecule has 0 aromatic heterocycles. The molecule has 0 radical (unpaired) electrons. The van der Waals surface area contributed by atoms with Crippen LogP contribution < -0.4 is 11.1 Å². The van der Waals surface area contributed by atoms with Crippen molar-refractivity contribution in [3.63, 3.8) is 0 Å². The summed E-state index contributed by atoms with van der Waals surface area (Å²) >= 11 is 5.61.